The number of hydrogen-bond acceptors (Lipinski definition) is 4. The van der Waals surface area contributed by atoms with Crippen molar-refractivity contribution in [3.63, 3.8) is 0 Å². The van der Waals surface area contributed by atoms with E-state index >= 15 is 0 Å². The number of nitrogens with one attached hydrogen (secondary N) is 1. The van der Waals surface area contributed by atoms with Gasteiger partial charge in [-0.05, 0) is 25.8 Å². The summed E-state index contributed by atoms with van der Waals surface area (Å²) >= 11 is 0. The second-order valence-corrected chi connectivity index (χ2v) is 5.67. The molecule has 0 aliphatic carbocycles. The highest BCUT2D eigenvalue weighted by atomic mass is 16.5. The van der Waals surface area contributed by atoms with Gasteiger partial charge in [0.1, 0.15) is 5.69 Å². The maximum Gasteiger partial charge on any atom is 0.271 e. The number of nitrogens with zero attached hydrogens (tertiary/aromatic N) is 3. The van der Waals surface area contributed by atoms with E-state index < -0.39 is 0 Å². The number of carbonyl (C=O) groups excluding carboxylic acids is 1. The Morgan fingerprint density at radius 1 is 1.40 bits per heavy atom. The largest absolute Gasteiger partial charge is 0.376 e. The third kappa shape index (κ3) is 2.86. The lowest BCUT2D eigenvalue weighted by Crippen LogP contribution is -2.51. The van der Waals surface area contributed by atoms with Crippen LogP contribution in [0.4, 0.5) is 0 Å². The van der Waals surface area contributed by atoms with E-state index in [2.05, 4.69) is 22.0 Å². The second-order valence-electron chi connectivity index (χ2n) is 5.67. The van der Waals surface area contributed by atoms with Gasteiger partial charge < -0.3 is 9.64 Å². The Balaban J connectivity index is 1.53. The van der Waals surface area contributed by atoms with Gasteiger partial charge in [0, 0.05) is 38.4 Å². The molecule has 0 spiro atoms. The minimum Gasteiger partial charge on any atom is -0.376 e. The maximum absolute atomic E-state index is 12.2. The molecule has 0 aromatic carbocycles. The van der Waals surface area contributed by atoms with Gasteiger partial charge in [-0.3, -0.25) is 14.8 Å². The Bertz CT molecular complexity index is 440. The maximum atomic E-state index is 12.2. The molecule has 110 valence electrons. The van der Waals surface area contributed by atoms with Gasteiger partial charge in [-0.1, -0.05) is 0 Å². The number of H-pyrrole nitrogens is 1. The predicted molar refractivity (Wildman–Crippen MR) is 74.5 cm³/mol. The van der Waals surface area contributed by atoms with Crippen LogP contribution in [0.3, 0.4) is 0 Å². The van der Waals surface area contributed by atoms with Crippen LogP contribution in [-0.2, 0) is 4.74 Å². The van der Waals surface area contributed by atoms with Crippen molar-refractivity contribution in [2.24, 2.45) is 0 Å². The molecule has 0 saturated carbocycles. The van der Waals surface area contributed by atoms with Crippen LogP contribution in [-0.4, -0.2) is 70.8 Å². The van der Waals surface area contributed by atoms with Crippen molar-refractivity contribution in [3.8, 4) is 0 Å². The highest BCUT2D eigenvalue weighted by Crippen LogP contribution is 2.20. The molecule has 1 atom stereocenters. The summed E-state index contributed by atoms with van der Waals surface area (Å²) < 4.78 is 5.59. The Hall–Kier alpha value is -1.40. The number of rotatable bonds is 2. The molecule has 2 aliphatic heterocycles. The molecule has 20 heavy (non-hydrogen) atoms. The number of aromatic amines is 1. The molecular formula is C14H22N4O2. The van der Waals surface area contributed by atoms with E-state index in [1.165, 1.54) is 0 Å². The molecule has 1 unspecified atom stereocenters. The fourth-order valence-electron chi connectivity index (χ4n) is 3.16. The first kappa shape index (κ1) is 13.6. The van der Waals surface area contributed by atoms with E-state index in [1.807, 2.05) is 4.90 Å². The third-order valence-electron chi connectivity index (χ3n) is 4.27. The average molecular weight is 278 g/mol. The monoisotopic (exact) mass is 278 g/mol. The van der Waals surface area contributed by atoms with Gasteiger partial charge in [0.15, 0.2) is 0 Å². The van der Waals surface area contributed by atoms with Crippen LogP contribution in [0.2, 0.25) is 0 Å². The number of amides is 1. The van der Waals surface area contributed by atoms with Gasteiger partial charge in [0.2, 0.25) is 0 Å². The predicted octanol–water partition coefficient (Wildman–Crippen LogP) is 0.735. The smallest absolute Gasteiger partial charge is 0.271 e. The summed E-state index contributed by atoms with van der Waals surface area (Å²) in [5, 5.41) is 6.59. The molecule has 0 bridgehead atoms. The summed E-state index contributed by atoms with van der Waals surface area (Å²) in [7, 11) is 0. The van der Waals surface area contributed by atoms with Crippen LogP contribution in [0.15, 0.2) is 12.3 Å². The van der Waals surface area contributed by atoms with Crippen molar-refractivity contribution in [1.82, 2.24) is 20.0 Å². The van der Waals surface area contributed by atoms with Crippen molar-refractivity contribution >= 4 is 5.91 Å². The molecule has 2 saturated heterocycles. The van der Waals surface area contributed by atoms with Gasteiger partial charge in [-0.2, -0.15) is 5.10 Å². The zero-order chi connectivity index (χ0) is 13.9. The highest BCUT2D eigenvalue weighted by Gasteiger charge is 2.29. The number of ether oxygens (including phenoxy) is 1. The fraction of sp³-hybridized carbons (Fsp3) is 0.714. The Labute approximate surface area is 119 Å². The SMILES string of the molecule is CC1CN(C2CCN(C(=O)c3ccn[nH]3)CC2)CCO1. The van der Waals surface area contributed by atoms with Crippen molar-refractivity contribution in [2.75, 3.05) is 32.8 Å². The van der Waals surface area contributed by atoms with Crippen molar-refractivity contribution < 1.29 is 9.53 Å². The van der Waals surface area contributed by atoms with Crippen LogP contribution < -0.4 is 0 Å². The molecule has 2 aliphatic rings. The number of carbonyl (C=O) groups is 1. The lowest BCUT2D eigenvalue weighted by atomic mass is 10.0. The molecule has 1 amide bonds. The van der Waals surface area contributed by atoms with E-state index in [0.717, 1.165) is 45.6 Å². The molecule has 2 fully saturated rings. The van der Waals surface area contributed by atoms with E-state index in [0.29, 0.717) is 17.8 Å². The summed E-state index contributed by atoms with van der Waals surface area (Å²) in [6.45, 7) is 6.64. The number of hydrogen-bond donors (Lipinski definition) is 1. The number of piperidine rings is 1. The molecule has 1 aromatic heterocycles. The van der Waals surface area contributed by atoms with Gasteiger partial charge in [-0.25, -0.2) is 0 Å². The van der Waals surface area contributed by atoms with Gasteiger partial charge in [-0.15, -0.1) is 0 Å². The molecule has 1 aromatic rings. The topological polar surface area (TPSA) is 61.5 Å². The zero-order valence-corrected chi connectivity index (χ0v) is 11.9. The third-order valence-corrected chi connectivity index (χ3v) is 4.27. The molecule has 0 radical (unpaired) electrons. The van der Waals surface area contributed by atoms with Gasteiger partial charge >= 0.3 is 0 Å². The molecule has 6 heteroatoms. The molecule has 1 N–H and O–H groups in total. The van der Waals surface area contributed by atoms with Crippen molar-refractivity contribution in [1.29, 1.82) is 0 Å². The first-order valence-corrected chi connectivity index (χ1v) is 7.38. The van der Waals surface area contributed by atoms with E-state index in [-0.39, 0.29) is 5.91 Å². The van der Waals surface area contributed by atoms with Crippen LogP contribution in [0.5, 0.6) is 0 Å². The number of likely N-dealkylation sites (tertiary alicyclic amines) is 1. The van der Waals surface area contributed by atoms with Crippen molar-refractivity contribution in [2.45, 2.75) is 31.9 Å². The minimum atomic E-state index is 0.0660. The standard InChI is InChI=1S/C14H22N4O2/c1-11-10-18(8-9-20-11)12-3-6-17(7-4-12)14(19)13-2-5-15-16-13/h2,5,11-12H,3-4,6-10H2,1H3,(H,15,16). The normalized spacial score (nSPS) is 25.9. The van der Waals surface area contributed by atoms with Gasteiger partial charge in [0.05, 0.1) is 12.7 Å². The van der Waals surface area contributed by atoms with Crippen LogP contribution in [0.25, 0.3) is 0 Å². The van der Waals surface area contributed by atoms with Crippen LogP contribution >= 0.6 is 0 Å². The van der Waals surface area contributed by atoms with E-state index in [1.54, 1.807) is 12.3 Å². The van der Waals surface area contributed by atoms with E-state index in [9.17, 15) is 4.79 Å². The Kier molecular flexibility index (Phi) is 4.03. The first-order valence-electron chi connectivity index (χ1n) is 7.38. The number of morpholine rings is 1. The Morgan fingerprint density at radius 3 is 2.85 bits per heavy atom. The average Bonchev–Trinajstić information content (AvgIpc) is 3.01. The molecule has 3 heterocycles. The second kappa shape index (κ2) is 5.93. The van der Waals surface area contributed by atoms with Crippen molar-refractivity contribution in [3.05, 3.63) is 18.0 Å². The number of aromatic nitrogens is 2. The zero-order valence-electron chi connectivity index (χ0n) is 11.9. The quantitative estimate of drug-likeness (QED) is 0.866. The first-order chi connectivity index (χ1) is 9.74. The minimum absolute atomic E-state index is 0.0660. The van der Waals surface area contributed by atoms with Crippen LogP contribution in [0.1, 0.15) is 30.3 Å². The summed E-state index contributed by atoms with van der Waals surface area (Å²) in [6.07, 6.45) is 4.04. The summed E-state index contributed by atoms with van der Waals surface area (Å²) in [5.74, 6) is 0.0660. The van der Waals surface area contributed by atoms with Gasteiger partial charge in [0.25, 0.3) is 5.91 Å². The van der Waals surface area contributed by atoms with Crippen LogP contribution in [0, 0.1) is 0 Å². The lowest BCUT2D eigenvalue weighted by Gasteiger charge is -2.41. The summed E-state index contributed by atoms with van der Waals surface area (Å²) in [6, 6.07) is 2.32. The summed E-state index contributed by atoms with van der Waals surface area (Å²) in [5.41, 5.74) is 0.587. The summed E-state index contributed by atoms with van der Waals surface area (Å²) in [4.78, 5) is 16.7. The Morgan fingerprint density at radius 2 is 2.20 bits per heavy atom. The lowest BCUT2D eigenvalue weighted by molar-refractivity contribution is -0.0424. The molecule has 6 nitrogen and oxygen atoms in total. The van der Waals surface area contributed by atoms with E-state index in [4.69, 9.17) is 4.74 Å². The molecule has 3 rings (SSSR count). The molecular weight excluding hydrogens is 256 g/mol. The highest BCUT2D eigenvalue weighted by molar-refractivity contribution is 5.92. The fourth-order valence-corrected chi connectivity index (χ4v) is 3.16.